The first-order valence-corrected chi connectivity index (χ1v) is 5.01. The van der Waals surface area contributed by atoms with Crippen molar-refractivity contribution in [3.05, 3.63) is 51.1 Å². The second kappa shape index (κ2) is 3.46. The van der Waals surface area contributed by atoms with Crippen molar-refractivity contribution in [1.82, 2.24) is 9.55 Å². The first kappa shape index (κ1) is 9.27. The lowest BCUT2D eigenvalue weighted by Crippen LogP contribution is -2.15. The van der Waals surface area contributed by atoms with Crippen molar-refractivity contribution < 1.29 is 0 Å². The quantitative estimate of drug-likeness (QED) is 0.831. The van der Waals surface area contributed by atoms with Crippen LogP contribution < -0.4 is 5.69 Å². The number of hydrogen-bond acceptors (Lipinski definition) is 1. The number of halogens is 1. The van der Waals surface area contributed by atoms with Crippen LogP contribution >= 0.6 is 15.9 Å². The molecule has 0 saturated heterocycles. The standard InChI is InChI=1S/C10H9BrN2O/c1-7-6-12-10(14)13(7)9-4-2-8(11)3-5-9/h2-6H,1H3,(H,12,14). The number of aryl methyl sites for hydroxylation is 1. The third kappa shape index (κ3) is 1.53. The van der Waals surface area contributed by atoms with Gasteiger partial charge >= 0.3 is 5.69 Å². The topological polar surface area (TPSA) is 37.8 Å². The molecule has 2 aromatic rings. The maximum atomic E-state index is 11.4. The highest BCUT2D eigenvalue weighted by atomic mass is 79.9. The highest BCUT2D eigenvalue weighted by Crippen LogP contribution is 2.13. The third-order valence-electron chi connectivity index (χ3n) is 2.05. The Morgan fingerprint density at radius 1 is 1.29 bits per heavy atom. The largest absolute Gasteiger partial charge is 0.330 e. The van der Waals surface area contributed by atoms with E-state index < -0.39 is 0 Å². The van der Waals surface area contributed by atoms with E-state index in [-0.39, 0.29) is 5.69 Å². The van der Waals surface area contributed by atoms with E-state index in [2.05, 4.69) is 20.9 Å². The Balaban J connectivity index is 2.60. The zero-order chi connectivity index (χ0) is 10.1. The van der Waals surface area contributed by atoms with Gasteiger partial charge in [0, 0.05) is 16.4 Å². The number of aromatic amines is 1. The van der Waals surface area contributed by atoms with Gasteiger partial charge in [-0.1, -0.05) is 15.9 Å². The van der Waals surface area contributed by atoms with Crippen molar-refractivity contribution in [3.63, 3.8) is 0 Å². The van der Waals surface area contributed by atoms with Crippen molar-refractivity contribution in [3.8, 4) is 5.69 Å². The molecule has 3 nitrogen and oxygen atoms in total. The molecule has 1 aromatic carbocycles. The highest BCUT2D eigenvalue weighted by molar-refractivity contribution is 9.10. The molecule has 0 saturated carbocycles. The smallest absolute Gasteiger partial charge is 0.312 e. The van der Waals surface area contributed by atoms with E-state index in [4.69, 9.17) is 0 Å². The summed E-state index contributed by atoms with van der Waals surface area (Å²) in [5.74, 6) is 0. The number of rotatable bonds is 1. The molecule has 1 aromatic heterocycles. The van der Waals surface area contributed by atoms with Crippen molar-refractivity contribution in [2.45, 2.75) is 6.92 Å². The van der Waals surface area contributed by atoms with Crippen LogP contribution in [-0.2, 0) is 0 Å². The molecule has 72 valence electrons. The Kier molecular flexibility index (Phi) is 2.29. The van der Waals surface area contributed by atoms with Crippen LogP contribution in [0.1, 0.15) is 5.69 Å². The van der Waals surface area contributed by atoms with Crippen LogP contribution in [0.2, 0.25) is 0 Å². The van der Waals surface area contributed by atoms with Crippen molar-refractivity contribution in [2.24, 2.45) is 0 Å². The molecule has 0 radical (unpaired) electrons. The fourth-order valence-corrected chi connectivity index (χ4v) is 1.63. The molecule has 4 heteroatoms. The number of hydrogen-bond donors (Lipinski definition) is 1. The molecular weight excluding hydrogens is 244 g/mol. The summed E-state index contributed by atoms with van der Waals surface area (Å²) in [6, 6.07) is 7.61. The van der Waals surface area contributed by atoms with Crippen LogP contribution in [-0.4, -0.2) is 9.55 Å². The molecule has 0 atom stereocenters. The maximum Gasteiger partial charge on any atom is 0.330 e. The van der Waals surface area contributed by atoms with E-state index in [0.717, 1.165) is 15.9 Å². The summed E-state index contributed by atoms with van der Waals surface area (Å²) in [6.45, 7) is 1.89. The van der Waals surface area contributed by atoms with Gasteiger partial charge in [-0.3, -0.25) is 4.57 Å². The average Bonchev–Trinajstić information content (AvgIpc) is 2.49. The number of H-pyrrole nitrogens is 1. The predicted molar refractivity (Wildman–Crippen MR) is 58.8 cm³/mol. The van der Waals surface area contributed by atoms with Crippen molar-refractivity contribution in [2.75, 3.05) is 0 Å². The van der Waals surface area contributed by atoms with E-state index in [1.165, 1.54) is 0 Å². The molecule has 0 unspecified atom stereocenters. The van der Waals surface area contributed by atoms with Gasteiger partial charge in [0.05, 0.1) is 5.69 Å². The molecule has 0 aliphatic heterocycles. The minimum absolute atomic E-state index is 0.107. The minimum atomic E-state index is -0.107. The predicted octanol–water partition coefficient (Wildman–Crippen LogP) is 2.24. The van der Waals surface area contributed by atoms with Gasteiger partial charge in [-0.15, -0.1) is 0 Å². The summed E-state index contributed by atoms with van der Waals surface area (Å²) in [6.07, 6.45) is 1.70. The molecule has 2 rings (SSSR count). The van der Waals surface area contributed by atoms with E-state index in [1.807, 2.05) is 31.2 Å². The molecule has 0 aliphatic carbocycles. The Labute approximate surface area is 89.5 Å². The lowest BCUT2D eigenvalue weighted by atomic mass is 10.3. The molecule has 1 N–H and O–H groups in total. The summed E-state index contributed by atoms with van der Waals surface area (Å²) >= 11 is 3.35. The van der Waals surface area contributed by atoms with Gasteiger partial charge in [-0.25, -0.2) is 4.79 Å². The molecule has 0 bridgehead atoms. The van der Waals surface area contributed by atoms with Gasteiger partial charge in [0.1, 0.15) is 0 Å². The van der Waals surface area contributed by atoms with Gasteiger partial charge in [0.2, 0.25) is 0 Å². The van der Waals surface area contributed by atoms with Crippen LogP contribution in [0.4, 0.5) is 0 Å². The summed E-state index contributed by atoms with van der Waals surface area (Å²) in [5, 5.41) is 0. The highest BCUT2D eigenvalue weighted by Gasteiger charge is 2.03. The molecule has 1 heterocycles. The fraction of sp³-hybridized carbons (Fsp3) is 0.100. The first-order valence-electron chi connectivity index (χ1n) is 4.21. The lowest BCUT2D eigenvalue weighted by Gasteiger charge is -2.03. The van der Waals surface area contributed by atoms with Crippen LogP contribution in [0, 0.1) is 6.92 Å². The summed E-state index contributed by atoms with van der Waals surface area (Å²) < 4.78 is 2.63. The Morgan fingerprint density at radius 2 is 1.93 bits per heavy atom. The summed E-state index contributed by atoms with van der Waals surface area (Å²) in [7, 11) is 0. The van der Waals surface area contributed by atoms with Gasteiger partial charge in [0.25, 0.3) is 0 Å². The number of benzene rings is 1. The summed E-state index contributed by atoms with van der Waals surface area (Å²) in [5.41, 5.74) is 1.67. The number of nitrogens with zero attached hydrogens (tertiary/aromatic N) is 1. The SMILES string of the molecule is Cc1c[nH]c(=O)n1-c1ccc(Br)cc1. The maximum absolute atomic E-state index is 11.4. The normalized spacial score (nSPS) is 10.4. The zero-order valence-corrected chi connectivity index (χ0v) is 9.21. The fourth-order valence-electron chi connectivity index (χ4n) is 1.37. The molecule has 0 amide bonds. The number of aromatic nitrogens is 2. The number of nitrogens with one attached hydrogen (secondary N) is 1. The molecule has 0 aliphatic rings. The monoisotopic (exact) mass is 252 g/mol. The lowest BCUT2D eigenvalue weighted by molar-refractivity contribution is 0.949. The second-order valence-electron chi connectivity index (χ2n) is 3.05. The Bertz CT molecular complexity index is 496. The molecular formula is C10H9BrN2O. The van der Waals surface area contributed by atoms with Crippen molar-refractivity contribution >= 4 is 15.9 Å². The van der Waals surface area contributed by atoms with Gasteiger partial charge in [0.15, 0.2) is 0 Å². The second-order valence-corrected chi connectivity index (χ2v) is 3.96. The summed E-state index contributed by atoms with van der Waals surface area (Å²) in [4.78, 5) is 14.1. The third-order valence-corrected chi connectivity index (χ3v) is 2.57. The molecule has 0 spiro atoms. The van der Waals surface area contributed by atoms with Gasteiger partial charge in [-0.2, -0.15) is 0 Å². The molecule has 0 fully saturated rings. The van der Waals surface area contributed by atoms with E-state index in [0.29, 0.717) is 0 Å². The van der Waals surface area contributed by atoms with E-state index in [1.54, 1.807) is 10.8 Å². The minimum Gasteiger partial charge on any atom is -0.312 e. The van der Waals surface area contributed by atoms with Crippen LogP contribution in [0.3, 0.4) is 0 Å². The average molecular weight is 253 g/mol. The van der Waals surface area contributed by atoms with Crippen LogP contribution in [0.15, 0.2) is 39.7 Å². The number of imidazole rings is 1. The molecule has 14 heavy (non-hydrogen) atoms. The zero-order valence-electron chi connectivity index (χ0n) is 7.62. The van der Waals surface area contributed by atoms with Crippen molar-refractivity contribution in [1.29, 1.82) is 0 Å². The van der Waals surface area contributed by atoms with Crippen LogP contribution in [0.25, 0.3) is 5.69 Å². The Hall–Kier alpha value is -1.29. The van der Waals surface area contributed by atoms with E-state index >= 15 is 0 Å². The van der Waals surface area contributed by atoms with Gasteiger partial charge in [-0.05, 0) is 31.2 Å². The van der Waals surface area contributed by atoms with E-state index in [9.17, 15) is 4.79 Å². The first-order chi connectivity index (χ1) is 6.68. The Morgan fingerprint density at radius 3 is 2.43 bits per heavy atom. The van der Waals surface area contributed by atoms with Gasteiger partial charge < -0.3 is 4.98 Å². The van der Waals surface area contributed by atoms with Crippen LogP contribution in [0.5, 0.6) is 0 Å².